The van der Waals surface area contributed by atoms with Crippen LogP contribution in [0.4, 0.5) is 5.69 Å². The summed E-state index contributed by atoms with van der Waals surface area (Å²) in [4.78, 5) is 25.8. The third kappa shape index (κ3) is 3.42. The highest BCUT2D eigenvalue weighted by Crippen LogP contribution is 2.33. The molecule has 3 aromatic carbocycles. The Hall–Kier alpha value is -3.54. The fourth-order valence-corrected chi connectivity index (χ4v) is 3.10. The lowest BCUT2D eigenvalue weighted by atomic mass is 10.1. The number of primary amides is 1. The minimum Gasteiger partial charge on any atom is -0.484 e. The van der Waals surface area contributed by atoms with Gasteiger partial charge in [0.25, 0.3) is 11.8 Å². The molecule has 2 N–H and O–H groups in total. The van der Waals surface area contributed by atoms with Crippen LogP contribution in [0.25, 0.3) is 10.8 Å². The largest absolute Gasteiger partial charge is 0.484 e. The molecule has 27 heavy (non-hydrogen) atoms. The van der Waals surface area contributed by atoms with Crippen molar-refractivity contribution in [3.63, 3.8) is 0 Å². The minimum atomic E-state index is -0.885. The van der Waals surface area contributed by atoms with E-state index in [0.717, 1.165) is 10.8 Å². The van der Waals surface area contributed by atoms with Crippen LogP contribution >= 0.6 is 0 Å². The summed E-state index contributed by atoms with van der Waals surface area (Å²) >= 11 is 0. The van der Waals surface area contributed by atoms with Gasteiger partial charge in [0.15, 0.2) is 12.7 Å². The van der Waals surface area contributed by atoms with Gasteiger partial charge in [-0.2, -0.15) is 0 Å². The van der Waals surface area contributed by atoms with Crippen LogP contribution in [0.2, 0.25) is 0 Å². The molecule has 136 valence electrons. The van der Waals surface area contributed by atoms with Gasteiger partial charge >= 0.3 is 0 Å². The maximum atomic E-state index is 12.8. The number of hydrogen-bond donors (Lipinski definition) is 1. The molecular weight excluding hydrogens is 344 g/mol. The van der Waals surface area contributed by atoms with Crippen LogP contribution in [0.1, 0.15) is 0 Å². The van der Waals surface area contributed by atoms with Crippen LogP contribution in [-0.4, -0.2) is 31.1 Å². The lowest BCUT2D eigenvalue weighted by Crippen LogP contribution is -2.50. The Labute approximate surface area is 156 Å². The lowest BCUT2D eigenvalue weighted by molar-refractivity contribution is -0.125. The van der Waals surface area contributed by atoms with Gasteiger partial charge in [-0.1, -0.05) is 42.5 Å². The second-order valence-corrected chi connectivity index (χ2v) is 6.28. The van der Waals surface area contributed by atoms with E-state index in [1.54, 1.807) is 24.3 Å². The van der Waals surface area contributed by atoms with Crippen LogP contribution in [0, 0.1) is 0 Å². The summed E-state index contributed by atoms with van der Waals surface area (Å²) in [6, 6.07) is 20.6. The summed E-state index contributed by atoms with van der Waals surface area (Å²) in [7, 11) is 0. The number of carbonyl (C=O) groups excluding carboxylic acids is 2. The molecule has 1 heterocycles. The number of fused-ring (bicyclic) bond motifs is 2. The van der Waals surface area contributed by atoms with E-state index in [1.165, 1.54) is 4.90 Å². The molecule has 0 radical (unpaired) electrons. The molecule has 0 saturated carbocycles. The number of amides is 2. The van der Waals surface area contributed by atoms with Gasteiger partial charge in [0.2, 0.25) is 0 Å². The smallest absolute Gasteiger partial charge is 0.265 e. The van der Waals surface area contributed by atoms with Crippen LogP contribution in [0.15, 0.2) is 66.7 Å². The number of nitrogens with zero attached hydrogens (tertiary/aromatic N) is 1. The summed E-state index contributed by atoms with van der Waals surface area (Å²) in [6.45, 7) is -0.0928. The van der Waals surface area contributed by atoms with Gasteiger partial charge in [0, 0.05) is 0 Å². The summed E-state index contributed by atoms with van der Waals surface area (Å²) in [5.74, 6) is 0.171. The van der Waals surface area contributed by atoms with Crippen molar-refractivity contribution in [3.8, 4) is 11.5 Å². The van der Waals surface area contributed by atoms with Crippen LogP contribution in [0.3, 0.4) is 0 Å². The first-order valence-electron chi connectivity index (χ1n) is 8.59. The monoisotopic (exact) mass is 362 g/mol. The molecular formula is C21H18N2O4. The Morgan fingerprint density at radius 3 is 2.59 bits per heavy atom. The molecule has 0 bridgehead atoms. The van der Waals surface area contributed by atoms with Crippen molar-refractivity contribution in [1.29, 1.82) is 0 Å². The highest BCUT2D eigenvalue weighted by atomic mass is 16.5. The normalized spacial score (nSPS) is 15.7. The average molecular weight is 362 g/mol. The highest BCUT2D eigenvalue weighted by Gasteiger charge is 2.32. The Bertz CT molecular complexity index is 1020. The van der Waals surface area contributed by atoms with E-state index in [1.807, 2.05) is 42.5 Å². The zero-order chi connectivity index (χ0) is 18.8. The van der Waals surface area contributed by atoms with E-state index < -0.39 is 12.0 Å². The first-order valence-corrected chi connectivity index (χ1v) is 8.59. The van der Waals surface area contributed by atoms with E-state index >= 15 is 0 Å². The van der Waals surface area contributed by atoms with E-state index in [9.17, 15) is 9.59 Å². The quantitative estimate of drug-likeness (QED) is 0.773. The Morgan fingerprint density at radius 2 is 1.78 bits per heavy atom. The van der Waals surface area contributed by atoms with E-state index in [-0.39, 0.29) is 19.1 Å². The lowest BCUT2D eigenvalue weighted by Gasteiger charge is -2.33. The molecule has 2 amide bonds. The molecule has 0 aliphatic carbocycles. The Kier molecular flexibility index (Phi) is 4.38. The van der Waals surface area contributed by atoms with Crippen LogP contribution < -0.4 is 20.1 Å². The third-order valence-corrected chi connectivity index (χ3v) is 4.48. The minimum absolute atomic E-state index is 0.0618. The molecule has 0 spiro atoms. The maximum absolute atomic E-state index is 12.8. The first-order chi connectivity index (χ1) is 13.1. The molecule has 6 nitrogen and oxygen atoms in total. The summed E-state index contributed by atoms with van der Waals surface area (Å²) in [6.07, 6.45) is -0.885. The van der Waals surface area contributed by atoms with Crippen molar-refractivity contribution in [1.82, 2.24) is 0 Å². The number of hydrogen-bond acceptors (Lipinski definition) is 4. The molecule has 6 heteroatoms. The van der Waals surface area contributed by atoms with Gasteiger partial charge in [-0.25, -0.2) is 0 Å². The van der Waals surface area contributed by atoms with Gasteiger partial charge in [-0.3, -0.25) is 9.59 Å². The van der Waals surface area contributed by atoms with Crippen molar-refractivity contribution in [3.05, 3.63) is 66.7 Å². The predicted octanol–water partition coefficient (Wildman–Crippen LogP) is 2.50. The second kappa shape index (κ2) is 6.99. The number of para-hydroxylation sites is 2. The van der Waals surface area contributed by atoms with Crippen molar-refractivity contribution < 1.29 is 19.1 Å². The van der Waals surface area contributed by atoms with Gasteiger partial charge in [-0.15, -0.1) is 0 Å². The van der Waals surface area contributed by atoms with E-state index in [4.69, 9.17) is 15.2 Å². The molecule has 1 aliphatic heterocycles. The first kappa shape index (κ1) is 16.9. The summed E-state index contributed by atoms with van der Waals surface area (Å²) < 4.78 is 11.3. The maximum Gasteiger partial charge on any atom is 0.265 e. The zero-order valence-electron chi connectivity index (χ0n) is 14.5. The van der Waals surface area contributed by atoms with Gasteiger partial charge < -0.3 is 20.1 Å². The zero-order valence-corrected chi connectivity index (χ0v) is 14.5. The number of ether oxygens (including phenoxy) is 2. The van der Waals surface area contributed by atoms with Gasteiger partial charge in [-0.05, 0) is 35.0 Å². The molecule has 1 aliphatic rings. The fraction of sp³-hybridized carbons (Fsp3) is 0.143. The summed E-state index contributed by atoms with van der Waals surface area (Å²) in [5, 5.41) is 2.13. The Morgan fingerprint density at radius 1 is 1.04 bits per heavy atom. The van der Waals surface area contributed by atoms with Crippen LogP contribution in [-0.2, 0) is 9.59 Å². The molecule has 0 aromatic heterocycles. The van der Waals surface area contributed by atoms with Gasteiger partial charge in [0.05, 0.1) is 12.2 Å². The molecule has 0 unspecified atom stereocenters. The molecule has 0 fully saturated rings. The predicted molar refractivity (Wildman–Crippen MR) is 102 cm³/mol. The SMILES string of the molecule is NC(=O)[C@@H]1CN(C(=O)COc2ccc3ccccc3c2)c2ccccc2O1. The second-order valence-electron chi connectivity index (χ2n) is 6.28. The summed E-state index contributed by atoms with van der Waals surface area (Å²) in [5.41, 5.74) is 5.97. The van der Waals surface area contributed by atoms with Crippen molar-refractivity contribution >= 4 is 28.3 Å². The third-order valence-electron chi connectivity index (χ3n) is 4.48. The van der Waals surface area contributed by atoms with Crippen molar-refractivity contribution in [2.24, 2.45) is 5.73 Å². The van der Waals surface area contributed by atoms with E-state index in [2.05, 4.69) is 0 Å². The van der Waals surface area contributed by atoms with Gasteiger partial charge in [0.1, 0.15) is 11.5 Å². The number of carbonyl (C=O) groups is 2. The number of rotatable bonds is 4. The number of benzene rings is 3. The molecule has 0 saturated heterocycles. The highest BCUT2D eigenvalue weighted by molar-refractivity contribution is 5.98. The Balaban J connectivity index is 1.52. The molecule has 3 aromatic rings. The molecule has 1 atom stereocenters. The molecule has 4 rings (SSSR count). The standard InChI is InChI=1S/C21H18N2O4/c22-21(25)19-12-23(17-7-3-4-8-18(17)27-19)20(24)13-26-16-10-9-14-5-1-2-6-15(14)11-16/h1-11,19H,12-13H2,(H2,22,25)/t19-/m0/s1. The van der Waals surface area contributed by atoms with Crippen molar-refractivity contribution in [2.45, 2.75) is 6.10 Å². The van der Waals surface area contributed by atoms with Crippen molar-refractivity contribution in [2.75, 3.05) is 18.1 Å². The fourth-order valence-electron chi connectivity index (χ4n) is 3.10. The number of anilines is 1. The topological polar surface area (TPSA) is 81.9 Å². The average Bonchev–Trinajstić information content (AvgIpc) is 2.71. The van der Waals surface area contributed by atoms with E-state index in [0.29, 0.717) is 17.2 Å². The van der Waals surface area contributed by atoms with Crippen LogP contribution in [0.5, 0.6) is 11.5 Å². The number of nitrogens with two attached hydrogens (primary N) is 1.